The van der Waals surface area contributed by atoms with Crippen molar-refractivity contribution in [2.24, 2.45) is 11.3 Å². The number of nitrogens with two attached hydrogens (primary N) is 1. The molecule has 0 amide bonds. The molecule has 3 N–H and O–H groups in total. The van der Waals surface area contributed by atoms with Crippen LogP contribution in [0.2, 0.25) is 10.0 Å². The first-order valence-corrected chi connectivity index (χ1v) is 8.16. The van der Waals surface area contributed by atoms with Gasteiger partial charge in [0.2, 0.25) is 0 Å². The number of rotatable bonds is 5. The van der Waals surface area contributed by atoms with E-state index in [9.17, 15) is 0 Å². The second-order valence-corrected chi connectivity index (χ2v) is 7.33. The van der Waals surface area contributed by atoms with Gasteiger partial charge in [0, 0.05) is 12.2 Å². The summed E-state index contributed by atoms with van der Waals surface area (Å²) in [4.78, 5) is 0. The first-order valence-electron chi connectivity index (χ1n) is 7.40. The smallest absolute Gasteiger partial charge is 0.0720 e. The molecular formula is C16H24Cl2N2. The van der Waals surface area contributed by atoms with E-state index in [2.05, 4.69) is 19.2 Å². The lowest BCUT2D eigenvalue weighted by atomic mass is 9.78. The monoisotopic (exact) mass is 314 g/mol. The zero-order chi connectivity index (χ0) is 14.8. The summed E-state index contributed by atoms with van der Waals surface area (Å²) in [5.74, 6) is 0.715. The SMILES string of the molecule is CC(C)CC1(CNc2c(Cl)cc(N)cc2Cl)CCCC1. The molecule has 0 atom stereocenters. The normalized spacial score (nSPS) is 17.6. The molecule has 112 valence electrons. The van der Waals surface area contributed by atoms with E-state index in [1.807, 2.05) is 0 Å². The maximum absolute atomic E-state index is 6.24. The molecule has 4 heteroatoms. The fourth-order valence-electron chi connectivity index (χ4n) is 3.48. The predicted molar refractivity (Wildman–Crippen MR) is 89.7 cm³/mol. The van der Waals surface area contributed by atoms with Gasteiger partial charge in [-0.05, 0) is 42.7 Å². The third-order valence-corrected chi connectivity index (χ3v) is 4.81. The van der Waals surface area contributed by atoms with Crippen LogP contribution in [-0.2, 0) is 0 Å². The number of hydrogen-bond acceptors (Lipinski definition) is 2. The molecule has 2 nitrogen and oxygen atoms in total. The van der Waals surface area contributed by atoms with Crippen LogP contribution < -0.4 is 11.1 Å². The Kier molecular flexibility index (Phi) is 5.09. The summed E-state index contributed by atoms with van der Waals surface area (Å²) in [5.41, 5.74) is 7.55. The van der Waals surface area contributed by atoms with Crippen LogP contribution in [0.25, 0.3) is 0 Å². The van der Waals surface area contributed by atoms with Gasteiger partial charge >= 0.3 is 0 Å². The lowest BCUT2D eigenvalue weighted by molar-refractivity contribution is 0.252. The fraction of sp³-hybridized carbons (Fsp3) is 0.625. The average Bonchev–Trinajstić information content (AvgIpc) is 2.75. The first kappa shape index (κ1) is 15.8. The molecule has 2 rings (SSSR count). The van der Waals surface area contributed by atoms with Gasteiger partial charge in [-0.1, -0.05) is 49.9 Å². The Bertz CT molecular complexity index is 443. The lowest BCUT2D eigenvalue weighted by Gasteiger charge is -2.32. The van der Waals surface area contributed by atoms with Crippen LogP contribution in [0, 0.1) is 11.3 Å². The predicted octanol–water partition coefficient (Wildman–Crippen LogP) is 5.59. The van der Waals surface area contributed by atoms with Crippen molar-refractivity contribution in [1.82, 2.24) is 0 Å². The van der Waals surface area contributed by atoms with E-state index in [-0.39, 0.29) is 0 Å². The maximum Gasteiger partial charge on any atom is 0.0720 e. The van der Waals surface area contributed by atoms with Crippen LogP contribution in [0.15, 0.2) is 12.1 Å². The molecular weight excluding hydrogens is 291 g/mol. The number of nitrogens with one attached hydrogen (secondary N) is 1. The van der Waals surface area contributed by atoms with Crippen molar-refractivity contribution in [2.75, 3.05) is 17.6 Å². The van der Waals surface area contributed by atoms with Crippen LogP contribution in [0.1, 0.15) is 46.0 Å². The molecule has 20 heavy (non-hydrogen) atoms. The minimum absolute atomic E-state index is 0.391. The fourth-order valence-corrected chi connectivity index (χ4v) is 4.12. The van der Waals surface area contributed by atoms with Crippen molar-refractivity contribution in [3.05, 3.63) is 22.2 Å². The summed E-state index contributed by atoms with van der Waals surface area (Å²) in [6.07, 6.45) is 6.50. The third kappa shape index (κ3) is 3.73. The van der Waals surface area contributed by atoms with Gasteiger partial charge in [0.25, 0.3) is 0 Å². The van der Waals surface area contributed by atoms with Crippen molar-refractivity contribution >= 4 is 34.6 Å². The summed E-state index contributed by atoms with van der Waals surface area (Å²) >= 11 is 12.5. The van der Waals surface area contributed by atoms with Crippen LogP contribution in [-0.4, -0.2) is 6.54 Å². The third-order valence-electron chi connectivity index (χ3n) is 4.21. The Morgan fingerprint density at radius 3 is 2.25 bits per heavy atom. The minimum Gasteiger partial charge on any atom is -0.399 e. The van der Waals surface area contributed by atoms with Gasteiger partial charge in [-0.3, -0.25) is 0 Å². The molecule has 0 saturated heterocycles. The van der Waals surface area contributed by atoms with Gasteiger partial charge < -0.3 is 11.1 Å². The Balaban J connectivity index is 2.10. The number of benzene rings is 1. The lowest BCUT2D eigenvalue weighted by Crippen LogP contribution is -2.28. The number of halogens is 2. The number of nitrogen functional groups attached to an aromatic ring is 1. The van der Waals surface area contributed by atoms with E-state index in [0.717, 1.165) is 12.2 Å². The van der Waals surface area contributed by atoms with Crippen LogP contribution in [0.5, 0.6) is 0 Å². The molecule has 1 aromatic carbocycles. The van der Waals surface area contributed by atoms with E-state index in [0.29, 0.717) is 27.1 Å². The van der Waals surface area contributed by atoms with Gasteiger partial charge in [-0.15, -0.1) is 0 Å². The molecule has 0 unspecified atom stereocenters. The Morgan fingerprint density at radius 1 is 1.20 bits per heavy atom. The van der Waals surface area contributed by atoms with E-state index >= 15 is 0 Å². The van der Waals surface area contributed by atoms with Crippen LogP contribution in [0.3, 0.4) is 0 Å². The molecule has 0 bridgehead atoms. The van der Waals surface area contributed by atoms with Crippen molar-refractivity contribution in [1.29, 1.82) is 0 Å². The zero-order valence-corrected chi connectivity index (χ0v) is 13.8. The number of anilines is 2. The minimum atomic E-state index is 0.391. The van der Waals surface area contributed by atoms with Gasteiger partial charge in [-0.2, -0.15) is 0 Å². The highest BCUT2D eigenvalue weighted by Crippen LogP contribution is 2.44. The van der Waals surface area contributed by atoms with Crippen LogP contribution >= 0.6 is 23.2 Å². The molecule has 1 fully saturated rings. The largest absolute Gasteiger partial charge is 0.399 e. The van der Waals surface area contributed by atoms with Crippen molar-refractivity contribution < 1.29 is 0 Å². The van der Waals surface area contributed by atoms with Gasteiger partial charge in [0.1, 0.15) is 0 Å². The number of hydrogen-bond donors (Lipinski definition) is 2. The second kappa shape index (κ2) is 6.44. The first-order chi connectivity index (χ1) is 9.42. The second-order valence-electron chi connectivity index (χ2n) is 6.52. The van der Waals surface area contributed by atoms with E-state index in [4.69, 9.17) is 28.9 Å². The quantitative estimate of drug-likeness (QED) is 0.695. The van der Waals surface area contributed by atoms with E-state index in [1.54, 1.807) is 12.1 Å². The molecule has 0 aromatic heterocycles. The average molecular weight is 315 g/mol. The molecule has 0 spiro atoms. The standard InChI is InChI=1S/C16H24Cl2N2/c1-11(2)9-16(5-3-4-6-16)10-20-15-13(17)7-12(19)8-14(15)18/h7-8,11,20H,3-6,9-10,19H2,1-2H3. The highest BCUT2D eigenvalue weighted by Gasteiger charge is 2.34. The molecule has 0 radical (unpaired) electrons. The Morgan fingerprint density at radius 2 is 1.75 bits per heavy atom. The van der Waals surface area contributed by atoms with Crippen LogP contribution in [0.4, 0.5) is 11.4 Å². The molecule has 1 aliphatic rings. The Labute approximate surface area is 132 Å². The summed E-state index contributed by atoms with van der Waals surface area (Å²) in [7, 11) is 0. The van der Waals surface area contributed by atoms with Crippen molar-refractivity contribution in [3.8, 4) is 0 Å². The molecule has 0 aliphatic heterocycles. The highest BCUT2D eigenvalue weighted by atomic mass is 35.5. The van der Waals surface area contributed by atoms with E-state index < -0.39 is 0 Å². The summed E-state index contributed by atoms with van der Waals surface area (Å²) < 4.78 is 0. The van der Waals surface area contributed by atoms with Crippen molar-refractivity contribution in [3.63, 3.8) is 0 Å². The Hall–Kier alpha value is -0.600. The topological polar surface area (TPSA) is 38.0 Å². The summed E-state index contributed by atoms with van der Waals surface area (Å²) in [5, 5.41) is 4.69. The summed E-state index contributed by atoms with van der Waals surface area (Å²) in [6.45, 7) is 5.53. The van der Waals surface area contributed by atoms with Gasteiger partial charge in [0.05, 0.1) is 15.7 Å². The zero-order valence-electron chi connectivity index (χ0n) is 12.3. The summed E-state index contributed by atoms with van der Waals surface area (Å²) in [6, 6.07) is 3.50. The van der Waals surface area contributed by atoms with Gasteiger partial charge in [-0.25, -0.2) is 0 Å². The molecule has 0 heterocycles. The van der Waals surface area contributed by atoms with Gasteiger partial charge in [0.15, 0.2) is 0 Å². The molecule has 1 aromatic rings. The van der Waals surface area contributed by atoms with Crippen molar-refractivity contribution in [2.45, 2.75) is 46.0 Å². The maximum atomic E-state index is 6.24. The highest BCUT2D eigenvalue weighted by molar-refractivity contribution is 6.39. The molecule has 1 aliphatic carbocycles. The van der Waals surface area contributed by atoms with E-state index in [1.165, 1.54) is 32.1 Å². The molecule has 1 saturated carbocycles.